The Kier molecular flexibility index (Phi) is 4.07. The van der Waals surface area contributed by atoms with E-state index in [0.29, 0.717) is 0 Å². The summed E-state index contributed by atoms with van der Waals surface area (Å²) in [7, 11) is 0. The fraction of sp³-hybridized carbons (Fsp3) is 0.188. The van der Waals surface area contributed by atoms with Gasteiger partial charge in [0.25, 0.3) is 0 Å². The zero-order valence-electron chi connectivity index (χ0n) is 11.4. The van der Waals surface area contributed by atoms with Crippen LogP contribution in [0.5, 0.6) is 0 Å². The molecule has 0 saturated heterocycles. The van der Waals surface area contributed by atoms with Gasteiger partial charge in [0.15, 0.2) is 0 Å². The van der Waals surface area contributed by atoms with Crippen molar-refractivity contribution in [2.45, 2.75) is 20.8 Å². The summed E-state index contributed by atoms with van der Waals surface area (Å²) in [5.74, 6) is -1.12. The number of aromatic carboxylic acids is 1. The standard InChI is InChI=1S/C16H14Cl2O2/c1-8-4-9(2)14(10(3)5-8)11-6-12(17)15(16(19)20)13(18)7-11/h4-7H,1-3H3,(H,19,20). The minimum Gasteiger partial charge on any atom is -0.478 e. The van der Waals surface area contributed by atoms with Crippen molar-refractivity contribution in [2.75, 3.05) is 0 Å². The van der Waals surface area contributed by atoms with Crippen LogP contribution < -0.4 is 0 Å². The summed E-state index contributed by atoms with van der Waals surface area (Å²) in [6, 6.07) is 7.47. The van der Waals surface area contributed by atoms with Gasteiger partial charge < -0.3 is 5.11 Å². The molecule has 0 aromatic heterocycles. The van der Waals surface area contributed by atoms with Gasteiger partial charge in [-0.15, -0.1) is 0 Å². The molecule has 0 aliphatic carbocycles. The quantitative estimate of drug-likeness (QED) is 0.819. The third-order valence-corrected chi connectivity index (χ3v) is 3.82. The van der Waals surface area contributed by atoms with Gasteiger partial charge >= 0.3 is 5.97 Å². The highest BCUT2D eigenvalue weighted by Gasteiger charge is 2.17. The molecule has 4 heteroatoms. The molecule has 0 bridgehead atoms. The van der Waals surface area contributed by atoms with Gasteiger partial charge in [-0.25, -0.2) is 4.79 Å². The lowest BCUT2D eigenvalue weighted by Crippen LogP contribution is -2.00. The summed E-state index contributed by atoms with van der Waals surface area (Å²) < 4.78 is 0. The van der Waals surface area contributed by atoms with Crippen molar-refractivity contribution in [1.29, 1.82) is 0 Å². The van der Waals surface area contributed by atoms with Crippen molar-refractivity contribution < 1.29 is 9.90 Å². The molecule has 2 rings (SSSR count). The molecule has 104 valence electrons. The average molecular weight is 309 g/mol. The van der Waals surface area contributed by atoms with Gasteiger partial charge in [-0.2, -0.15) is 0 Å². The number of carboxylic acids is 1. The molecule has 0 heterocycles. The number of aryl methyl sites for hydroxylation is 3. The first-order valence-electron chi connectivity index (χ1n) is 6.12. The molecule has 2 nitrogen and oxygen atoms in total. The Morgan fingerprint density at radius 2 is 1.40 bits per heavy atom. The molecule has 0 atom stereocenters. The first-order chi connectivity index (χ1) is 9.31. The van der Waals surface area contributed by atoms with Gasteiger partial charge in [0, 0.05) is 0 Å². The van der Waals surface area contributed by atoms with E-state index in [9.17, 15) is 4.79 Å². The van der Waals surface area contributed by atoms with E-state index in [2.05, 4.69) is 12.1 Å². The molecular weight excluding hydrogens is 295 g/mol. The van der Waals surface area contributed by atoms with Crippen molar-refractivity contribution in [1.82, 2.24) is 0 Å². The Labute approximate surface area is 128 Å². The number of hydrogen-bond donors (Lipinski definition) is 1. The molecule has 20 heavy (non-hydrogen) atoms. The first-order valence-corrected chi connectivity index (χ1v) is 6.87. The fourth-order valence-corrected chi connectivity index (χ4v) is 3.21. The second-order valence-corrected chi connectivity index (χ2v) is 5.71. The number of benzene rings is 2. The summed E-state index contributed by atoms with van der Waals surface area (Å²) in [6.07, 6.45) is 0. The van der Waals surface area contributed by atoms with E-state index >= 15 is 0 Å². The van der Waals surface area contributed by atoms with E-state index in [1.54, 1.807) is 12.1 Å². The minimum absolute atomic E-state index is 0.0560. The molecular formula is C16H14Cl2O2. The molecule has 2 aromatic carbocycles. The highest BCUT2D eigenvalue weighted by molar-refractivity contribution is 6.39. The van der Waals surface area contributed by atoms with Crippen molar-refractivity contribution in [3.63, 3.8) is 0 Å². The minimum atomic E-state index is -1.12. The van der Waals surface area contributed by atoms with Crippen LogP contribution in [0.25, 0.3) is 11.1 Å². The maximum Gasteiger partial charge on any atom is 0.338 e. The largest absolute Gasteiger partial charge is 0.478 e. The lowest BCUT2D eigenvalue weighted by molar-refractivity contribution is 0.0697. The molecule has 0 spiro atoms. The highest BCUT2D eigenvalue weighted by atomic mass is 35.5. The molecule has 1 N–H and O–H groups in total. The Morgan fingerprint density at radius 3 is 1.80 bits per heavy atom. The smallest absolute Gasteiger partial charge is 0.338 e. The predicted molar refractivity (Wildman–Crippen MR) is 83.1 cm³/mol. The van der Waals surface area contributed by atoms with E-state index < -0.39 is 5.97 Å². The summed E-state index contributed by atoms with van der Waals surface area (Å²) in [4.78, 5) is 11.1. The molecule has 0 fully saturated rings. The Balaban J connectivity index is 2.70. The van der Waals surface area contributed by atoms with Crippen molar-refractivity contribution >= 4 is 29.2 Å². The number of hydrogen-bond acceptors (Lipinski definition) is 1. The Hall–Kier alpha value is -1.51. The monoisotopic (exact) mass is 308 g/mol. The number of rotatable bonds is 2. The molecule has 0 unspecified atom stereocenters. The third-order valence-electron chi connectivity index (χ3n) is 3.22. The first kappa shape index (κ1) is 14.9. The molecule has 2 aromatic rings. The predicted octanol–water partition coefficient (Wildman–Crippen LogP) is 5.28. The molecule has 0 amide bonds. The van der Waals surface area contributed by atoms with Crippen molar-refractivity contribution in [3.8, 4) is 11.1 Å². The van der Waals surface area contributed by atoms with Gasteiger partial charge in [-0.05, 0) is 55.2 Å². The maximum atomic E-state index is 11.1. The van der Waals surface area contributed by atoms with Crippen LogP contribution in [0, 0.1) is 20.8 Å². The van der Waals surface area contributed by atoms with Crippen LogP contribution in [0.2, 0.25) is 10.0 Å². The molecule has 0 aliphatic heterocycles. The van der Waals surface area contributed by atoms with Crippen LogP contribution in [-0.4, -0.2) is 11.1 Å². The SMILES string of the molecule is Cc1cc(C)c(-c2cc(Cl)c(C(=O)O)c(Cl)c2)c(C)c1. The topological polar surface area (TPSA) is 37.3 Å². The summed E-state index contributed by atoms with van der Waals surface area (Å²) in [6.45, 7) is 6.07. The van der Waals surface area contributed by atoms with Gasteiger partial charge in [-0.1, -0.05) is 40.9 Å². The normalized spacial score (nSPS) is 10.7. The summed E-state index contributed by atoms with van der Waals surface area (Å²) in [5, 5.41) is 9.39. The van der Waals surface area contributed by atoms with Crippen LogP contribution in [0.4, 0.5) is 0 Å². The van der Waals surface area contributed by atoms with Crippen LogP contribution in [0.1, 0.15) is 27.0 Å². The van der Waals surface area contributed by atoms with E-state index in [-0.39, 0.29) is 15.6 Å². The average Bonchev–Trinajstić information content (AvgIpc) is 2.25. The van der Waals surface area contributed by atoms with Gasteiger partial charge in [0.1, 0.15) is 0 Å². The lowest BCUT2D eigenvalue weighted by atomic mass is 9.93. The lowest BCUT2D eigenvalue weighted by Gasteiger charge is -2.13. The van der Waals surface area contributed by atoms with Gasteiger partial charge in [-0.3, -0.25) is 0 Å². The van der Waals surface area contributed by atoms with Crippen LogP contribution in [-0.2, 0) is 0 Å². The van der Waals surface area contributed by atoms with Crippen molar-refractivity contribution in [2.24, 2.45) is 0 Å². The molecule has 0 radical (unpaired) electrons. The Morgan fingerprint density at radius 1 is 0.950 bits per heavy atom. The van der Waals surface area contributed by atoms with Gasteiger partial charge in [0.2, 0.25) is 0 Å². The summed E-state index contributed by atoms with van der Waals surface area (Å²) >= 11 is 12.1. The van der Waals surface area contributed by atoms with Crippen LogP contribution >= 0.6 is 23.2 Å². The molecule has 0 aliphatic rings. The zero-order valence-corrected chi connectivity index (χ0v) is 12.9. The fourth-order valence-electron chi connectivity index (χ4n) is 2.56. The highest BCUT2D eigenvalue weighted by Crippen LogP contribution is 2.35. The van der Waals surface area contributed by atoms with E-state index in [1.165, 1.54) is 5.56 Å². The molecule has 0 saturated carbocycles. The number of carbonyl (C=O) groups is 1. The Bertz CT molecular complexity index is 660. The van der Waals surface area contributed by atoms with Crippen LogP contribution in [0.15, 0.2) is 24.3 Å². The van der Waals surface area contributed by atoms with E-state index in [0.717, 1.165) is 22.3 Å². The number of carboxylic acid groups (broad SMARTS) is 1. The van der Waals surface area contributed by atoms with E-state index in [4.69, 9.17) is 28.3 Å². The second-order valence-electron chi connectivity index (χ2n) is 4.89. The van der Waals surface area contributed by atoms with E-state index in [1.807, 2.05) is 20.8 Å². The third kappa shape index (κ3) is 2.67. The maximum absolute atomic E-state index is 11.1. The van der Waals surface area contributed by atoms with Crippen LogP contribution in [0.3, 0.4) is 0 Å². The van der Waals surface area contributed by atoms with Gasteiger partial charge in [0.05, 0.1) is 15.6 Å². The van der Waals surface area contributed by atoms with Crippen molar-refractivity contribution in [3.05, 3.63) is 56.6 Å². The zero-order chi connectivity index (χ0) is 15.0. The number of halogens is 2. The second kappa shape index (κ2) is 5.47. The summed E-state index contributed by atoms with van der Waals surface area (Å²) in [5.41, 5.74) is 5.22.